The molecule has 3 aromatic rings. The molecule has 0 fully saturated rings. The van der Waals surface area contributed by atoms with Gasteiger partial charge in [0.15, 0.2) is 6.61 Å². The summed E-state index contributed by atoms with van der Waals surface area (Å²) in [6, 6.07) is 11.0. The molecule has 0 aliphatic heterocycles. The Balaban J connectivity index is 1.64. The predicted octanol–water partition coefficient (Wildman–Crippen LogP) is 5.14. The number of amides is 1. The first-order valence-electron chi connectivity index (χ1n) is 7.05. The minimum Gasteiger partial charge on any atom is -0.451 e. The van der Waals surface area contributed by atoms with E-state index in [-0.39, 0.29) is 9.90 Å². The zero-order valence-corrected chi connectivity index (χ0v) is 14.8. The van der Waals surface area contributed by atoms with Crippen molar-refractivity contribution in [3.63, 3.8) is 0 Å². The first-order chi connectivity index (χ1) is 12.0. The Morgan fingerprint density at radius 3 is 2.64 bits per heavy atom. The van der Waals surface area contributed by atoms with Gasteiger partial charge in [-0.1, -0.05) is 41.4 Å². The summed E-state index contributed by atoms with van der Waals surface area (Å²) < 4.78 is 18.9. The fourth-order valence-corrected chi connectivity index (χ4v) is 3.70. The van der Waals surface area contributed by atoms with Crippen molar-refractivity contribution in [1.29, 1.82) is 0 Å². The molecule has 0 radical (unpaired) electrons. The molecular weight excluding hydrogens is 388 g/mol. The van der Waals surface area contributed by atoms with Gasteiger partial charge in [-0.05, 0) is 24.3 Å². The molecule has 128 valence electrons. The monoisotopic (exact) mass is 397 g/mol. The Morgan fingerprint density at radius 2 is 1.92 bits per heavy atom. The minimum atomic E-state index is -0.682. The molecule has 0 aliphatic rings. The van der Waals surface area contributed by atoms with Crippen LogP contribution in [0.2, 0.25) is 10.0 Å². The highest BCUT2D eigenvalue weighted by Gasteiger charge is 2.19. The third-order valence-corrected chi connectivity index (χ3v) is 5.20. The van der Waals surface area contributed by atoms with E-state index in [0.717, 1.165) is 16.2 Å². The second-order valence-electron chi connectivity index (χ2n) is 4.99. The molecule has 25 heavy (non-hydrogen) atoms. The number of esters is 1. The lowest BCUT2D eigenvalue weighted by Crippen LogP contribution is -2.20. The van der Waals surface area contributed by atoms with E-state index in [0.29, 0.717) is 10.7 Å². The van der Waals surface area contributed by atoms with E-state index in [4.69, 9.17) is 27.9 Å². The van der Waals surface area contributed by atoms with Gasteiger partial charge in [-0.2, -0.15) is 0 Å². The summed E-state index contributed by atoms with van der Waals surface area (Å²) in [7, 11) is 0. The van der Waals surface area contributed by atoms with Crippen molar-refractivity contribution in [1.82, 2.24) is 0 Å². The average Bonchev–Trinajstić information content (AvgIpc) is 2.93. The average molecular weight is 398 g/mol. The van der Waals surface area contributed by atoms with E-state index >= 15 is 0 Å². The number of rotatable bonds is 4. The van der Waals surface area contributed by atoms with Crippen LogP contribution in [0.25, 0.3) is 10.1 Å². The van der Waals surface area contributed by atoms with Gasteiger partial charge in [0.25, 0.3) is 5.91 Å². The summed E-state index contributed by atoms with van der Waals surface area (Å²) in [6.45, 7) is -0.502. The molecule has 4 nitrogen and oxygen atoms in total. The standard InChI is InChI=1S/C17H10Cl2FNO3S/c18-11-7-9(5-6-12(11)20)21-14(22)8-24-17(23)16-15(19)10-3-1-2-4-13(10)25-16/h1-7H,8H2,(H,21,22). The van der Waals surface area contributed by atoms with Gasteiger partial charge in [-0.3, -0.25) is 4.79 Å². The first kappa shape index (κ1) is 17.7. The number of carbonyl (C=O) groups excluding carboxylic acids is 2. The molecule has 2 aromatic carbocycles. The van der Waals surface area contributed by atoms with Crippen molar-refractivity contribution in [3.8, 4) is 0 Å². The topological polar surface area (TPSA) is 55.4 Å². The van der Waals surface area contributed by atoms with E-state index < -0.39 is 24.3 Å². The zero-order chi connectivity index (χ0) is 18.0. The smallest absolute Gasteiger partial charge is 0.350 e. The van der Waals surface area contributed by atoms with Crippen molar-refractivity contribution < 1.29 is 18.7 Å². The molecule has 0 saturated heterocycles. The number of thiophene rings is 1. The van der Waals surface area contributed by atoms with Crippen LogP contribution in [0.5, 0.6) is 0 Å². The van der Waals surface area contributed by atoms with E-state index in [1.54, 1.807) is 6.07 Å². The molecule has 0 unspecified atom stereocenters. The maximum absolute atomic E-state index is 13.1. The van der Waals surface area contributed by atoms with Crippen LogP contribution in [0.15, 0.2) is 42.5 Å². The quantitative estimate of drug-likeness (QED) is 0.619. The number of fused-ring (bicyclic) bond motifs is 1. The molecule has 0 bridgehead atoms. The van der Waals surface area contributed by atoms with Gasteiger partial charge in [0, 0.05) is 15.8 Å². The number of carbonyl (C=O) groups is 2. The van der Waals surface area contributed by atoms with E-state index in [9.17, 15) is 14.0 Å². The Bertz CT molecular complexity index is 974. The lowest BCUT2D eigenvalue weighted by molar-refractivity contribution is -0.119. The highest BCUT2D eigenvalue weighted by molar-refractivity contribution is 7.21. The maximum Gasteiger partial charge on any atom is 0.350 e. The van der Waals surface area contributed by atoms with Gasteiger partial charge in [-0.25, -0.2) is 9.18 Å². The van der Waals surface area contributed by atoms with E-state index in [2.05, 4.69) is 5.32 Å². The molecule has 3 rings (SSSR count). The minimum absolute atomic E-state index is 0.119. The Kier molecular flexibility index (Phi) is 5.22. The largest absolute Gasteiger partial charge is 0.451 e. The summed E-state index contributed by atoms with van der Waals surface area (Å²) in [4.78, 5) is 24.2. The van der Waals surface area contributed by atoms with Crippen molar-refractivity contribution in [2.75, 3.05) is 11.9 Å². The van der Waals surface area contributed by atoms with Gasteiger partial charge in [0.05, 0.1) is 10.0 Å². The molecule has 1 amide bonds. The molecule has 1 aromatic heterocycles. The van der Waals surface area contributed by atoms with Crippen LogP contribution in [-0.4, -0.2) is 18.5 Å². The first-order valence-corrected chi connectivity index (χ1v) is 8.62. The van der Waals surface area contributed by atoms with Gasteiger partial charge in [-0.15, -0.1) is 11.3 Å². The van der Waals surface area contributed by atoms with Crippen LogP contribution in [0.1, 0.15) is 9.67 Å². The lowest BCUT2D eigenvalue weighted by atomic mass is 10.2. The number of benzene rings is 2. The second kappa shape index (κ2) is 7.39. The lowest BCUT2D eigenvalue weighted by Gasteiger charge is -2.06. The SMILES string of the molecule is O=C(COC(=O)c1sc2ccccc2c1Cl)Nc1ccc(F)c(Cl)c1. The van der Waals surface area contributed by atoms with Crippen LogP contribution in [-0.2, 0) is 9.53 Å². The number of anilines is 1. The van der Waals surface area contributed by atoms with Gasteiger partial charge >= 0.3 is 5.97 Å². The zero-order valence-electron chi connectivity index (χ0n) is 12.5. The molecule has 0 aliphatic carbocycles. The van der Waals surface area contributed by atoms with Crippen LogP contribution >= 0.6 is 34.5 Å². The summed E-state index contributed by atoms with van der Waals surface area (Å²) in [5, 5.41) is 3.40. The Morgan fingerprint density at radius 1 is 1.16 bits per heavy atom. The van der Waals surface area contributed by atoms with Crippen LogP contribution in [0.3, 0.4) is 0 Å². The van der Waals surface area contributed by atoms with Crippen molar-refractivity contribution >= 4 is 62.2 Å². The molecular formula is C17H10Cl2FNO3S. The van der Waals surface area contributed by atoms with Crippen LogP contribution < -0.4 is 5.32 Å². The van der Waals surface area contributed by atoms with E-state index in [1.807, 2.05) is 18.2 Å². The number of halogens is 3. The number of hydrogen-bond donors (Lipinski definition) is 1. The highest BCUT2D eigenvalue weighted by atomic mass is 35.5. The summed E-state index contributed by atoms with van der Waals surface area (Å²) >= 11 is 13.0. The summed E-state index contributed by atoms with van der Waals surface area (Å²) in [6.07, 6.45) is 0. The molecule has 0 saturated carbocycles. The van der Waals surface area contributed by atoms with Crippen LogP contribution in [0.4, 0.5) is 10.1 Å². The third-order valence-electron chi connectivity index (χ3n) is 3.26. The molecule has 8 heteroatoms. The maximum atomic E-state index is 13.1. The molecule has 1 heterocycles. The Hall–Kier alpha value is -2.15. The fraction of sp³-hybridized carbons (Fsp3) is 0.0588. The second-order valence-corrected chi connectivity index (χ2v) is 6.83. The van der Waals surface area contributed by atoms with Gasteiger partial charge in [0.1, 0.15) is 10.7 Å². The summed E-state index contributed by atoms with van der Waals surface area (Å²) in [5.74, 6) is -1.85. The van der Waals surface area contributed by atoms with E-state index in [1.165, 1.54) is 23.5 Å². The Labute approximate surface area is 156 Å². The van der Waals surface area contributed by atoms with Crippen molar-refractivity contribution in [3.05, 3.63) is 63.2 Å². The summed E-state index contributed by atoms with van der Waals surface area (Å²) in [5.41, 5.74) is 0.298. The normalized spacial score (nSPS) is 10.7. The predicted molar refractivity (Wildman–Crippen MR) is 97.2 cm³/mol. The number of ether oxygens (including phenoxy) is 1. The molecule has 1 N–H and O–H groups in total. The van der Waals surface area contributed by atoms with Crippen LogP contribution in [0, 0.1) is 5.82 Å². The van der Waals surface area contributed by atoms with Gasteiger partial charge < -0.3 is 10.1 Å². The molecule has 0 spiro atoms. The fourth-order valence-electron chi connectivity index (χ4n) is 2.11. The number of nitrogens with one attached hydrogen (secondary N) is 1. The van der Waals surface area contributed by atoms with Crippen molar-refractivity contribution in [2.24, 2.45) is 0 Å². The van der Waals surface area contributed by atoms with Gasteiger partial charge in [0.2, 0.25) is 0 Å². The highest BCUT2D eigenvalue weighted by Crippen LogP contribution is 2.35. The van der Waals surface area contributed by atoms with Crippen molar-refractivity contribution in [2.45, 2.75) is 0 Å². The molecule has 0 atom stereocenters. The number of hydrogen-bond acceptors (Lipinski definition) is 4. The third kappa shape index (κ3) is 3.92.